The molecule has 1 aromatic rings. The zero-order valence-electron chi connectivity index (χ0n) is 15.3. The van der Waals surface area contributed by atoms with E-state index in [0.29, 0.717) is 5.69 Å². The standard InChI is InChI=1S/C18H20N4O6/c1-11-16(26)20(10-15(24)25)8-9-21(11)17(27)12-4-2-3-5-13(12)22-7-6-14(23)19-18(22)28/h2-5,11H,6-10H2,1H3,(H,24,25)(H,19,23,28). The molecule has 3 rings (SSSR count). The van der Waals surface area contributed by atoms with Gasteiger partial charge in [0.15, 0.2) is 0 Å². The number of carbonyl (C=O) groups is 5. The molecule has 0 aromatic heterocycles. The van der Waals surface area contributed by atoms with Gasteiger partial charge in [-0.05, 0) is 19.1 Å². The minimum Gasteiger partial charge on any atom is -0.480 e. The Bertz CT molecular complexity index is 854. The molecule has 0 radical (unpaired) electrons. The summed E-state index contributed by atoms with van der Waals surface area (Å²) >= 11 is 0. The van der Waals surface area contributed by atoms with Crippen molar-refractivity contribution in [3.05, 3.63) is 29.8 Å². The van der Waals surface area contributed by atoms with Crippen molar-refractivity contribution in [3.8, 4) is 0 Å². The third-order valence-electron chi connectivity index (χ3n) is 4.81. The number of imide groups is 1. The maximum atomic E-state index is 13.1. The molecule has 2 aliphatic heterocycles. The number of hydrogen-bond donors (Lipinski definition) is 2. The molecular weight excluding hydrogens is 368 g/mol. The predicted molar refractivity (Wildman–Crippen MR) is 96.7 cm³/mol. The molecule has 28 heavy (non-hydrogen) atoms. The van der Waals surface area contributed by atoms with Crippen LogP contribution in [0.2, 0.25) is 0 Å². The van der Waals surface area contributed by atoms with Gasteiger partial charge in [0, 0.05) is 26.1 Å². The fraction of sp³-hybridized carbons (Fsp3) is 0.389. The second-order valence-electron chi connectivity index (χ2n) is 6.60. The van der Waals surface area contributed by atoms with Gasteiger partial charge in [-0.15, -0.1) is 0 Å². The predicted octanol–water partition coefficient (Wildman–Crippen LogP) is -0.110. The van der Waals surface area contributed by atoms with Gasteiger partial charge in [-0.25, -0.2) is 4.79 Å². The quantitative estimate of drug-likeness (QED) is 0.741. The summed E-state index contributed by atoms with van der Waals surface area (Å²) in [5.41, 5.74) is 0.587. The number of nitrogens with one attached hydrogen (secondary N) is 1. The van der Waals surface area contributed by atoms with E-state index in [0.717, 1.165) is 0 Å². The van der Waals surface area contributed by atoms with Gasteiger partial charge in [0.1, 0.15) is 12.6 Å². The van der Waals surface area contributed by atoms with Crippen LogP contribution in [-0.2, 0) is 14.4 Å². The van der Waals surface area contributed by atoms with Gasteiger partial charge in [0.2, 0.25) is 11.8 Å². The summed E-state index contributed by atoms with van der Waals surface area (Å²) in [5.74, 6) is -2.37. The van der Waals surface area contributed by atoms with Gasteiger partial charge in [-0.2, -0.15) is 0 Å². The minimum absolute atomic E-state index is 0.113. The maximum absolute atomic E-state index is 13.1. The molecule has 1 unspecified atom stereocenters. The molecule has 2 N–H and O–H groups in total. The summed E-state index contributed by atoms with van der Waals surface area (Å²) in [7, 11) is 0. The summed E-state index contributed by atoms with van der Waals surface area (Å²) in [6.45, 7) is 1.57. The molecule has 148 valence electrons. The lowest BCUT2D eigenvalue weighted by atomic mass is 10.1. The molecule has 10 nitrogen and oxygen atoms in total. The van der Waals surface area contributed by atoms with Crippen molar-refractivity contribution in [2.75, 3.05) is 31.1 Å². The van der Waals surface area contributed by atoms with Gasteiger partial charge in [0.05, 0.1) is 11.3 Å². The lowest BCUT2D eigenvalue weighted by molar-refractivity contribution is -0.148. The van der Waals surface area contributed by atoms with Crippen molar-refractivity contribution in [3.63, 3.8) is 0 Å². The number of aliphatic carboxylic acids is 1. The molecule has 0 aliphatic carbocycles. The molecule has 0 spiro atoms. The van der Waals surface area contributed by atoms with Crippen LogP contribution in [0.15, 0.2) is 24.3 Å². The monoisotopic (exact) mass is 388 g/mol. The van der Waals surface area contributed by atoms with Crippen molar-refractivity contribution in [2.45, 2.75) is 19.4 Å². The van der Waals surface area contributed by atoms with Gasteiger partial charge < -0.3 is 14.9 Å². The first kappa shape index (κ1) is 19.3. The smallest absolute Gasteiger partial charge is 0.328 e. The van der Waals surface area contributed by atoms with E-state index in [-0.39, 0.29) is 37.5 Å². The number of para-hydroxylation sites is 1. The largest absolute Gasteiger partial charge is 0.480 e. The van der Waals surface area contributed by atoms with Crippen LogP contribution in [0.5, 0.6) is 0 Å². The van der Waals surface area contributed by atoms with Gasteiger partial charge in [-0.3, -0.25) is 29.4 Å². The molecule has 1 atom stereocenters. The number of urea groups is 1. The number of carbonyl (C=O) groups excluding carboxylic acids is 4. The Morgan fingerprint density at radius 2 is 1.86 bits per heavy atom. The van der Waals surface area contributed by atoms with E-state index in [1.54, 1.807) is 31.2 Å². The normalized spacial score (nSPS) is 20.2. The minimum atomic E-state index is -1.11. The first-order valence-corrected chi connectivity index (χ1v) is 8.81. The molecule has 10 heteroatoms. The summed E-state index contributed by atoms with van der Waals surface area (Å²) < 4.78 is 0. The molecule has 2 aliphatic rings. The van der Waals surface area contributed by atoms with Crippen molar-refractivity contribution in [1.29, 1.82) is 0 Å². The first-order valence-electron chi connectivity index (χ1n) is 8.81. The molecule has 2 fully saturated rings. The average Bonchev–Trinajstić information content (AvgIpc) is 2.65. The van der Waals surface area contributed by atoms with Gasteiger partial charge in [-0.1, -0.05) is 12.1 Å². The van der Waals surface area contributed by atoms with Crippen LogP contribution >= 0.6 is 0 Å². The Labute approximate surface area is 160 Å². The number of carboxylic acid groups (broad SMARTS) is 1. The van der Waals surface area contributed by atoms with E-state index in [4.69, 9.17) is 5.11 Å². The zero-order valence-corrected chi connectivity index (χ0v) is 15.3. The van der Waals surface area contributed by atoms with E-state index < -0.39 is 36.4 Å². The van der Waals surface area contributed by atoms with Crippen LogP contribution in [0.1, 0.15) is 23.7 Å². The summed E-state index contributed by atoms with van der Waals surface area (Å²) in [6.07, 6.45) is 0.122. The number of benzene rings is 1. The van der Waals surface area contributed by atoms with E-state index in [1.807, 2.05) is 0 Å². The van der Waals surface area contributed by atoms with E-state index in [1.165, 1.54) is 14.7 Å². The summed E-state index contributed by atoms with van der Waals surface area (Å²) in [6, 6.07) is 5.06. The Morgan fingerprint density at radius 1 is 1.14 bits per heavy atom. The molecule has 0 saturated carbocycles. The Kier molecular flexibility index (Phi) is 5.30. The lowest BCUT2D eigenvalue weighted by Crippen LogP contribution is -2.58. The number of anilines is 1. The second-order valence-corrected chi connectivity index (χ2v) is 6.60. The molecule has 1 aromatic carbocycles. The third kappa shape index (κ3) is 3.66. The number of carboxylic acids is 1. The molecule has 2 saturated heterocycles. The summed E-state index contributed by atoms with van der Waals surface area (Å²) in [4.78, 5) is 63.9. The van der Waals surface area contributed by atoms with Crippen molar-refractivity contribution in [2.24, 2.45) is 0 Å². The Balaban J connectivity index is 1.84. The number of rotatable bonds is 4. The fourth-order valence-corrected chi connectivity index (χ4v) is 3.37. The van der Waals surface area contributed by atoms with Crippen LogP contribution in [0.3, 0.4) is 0 Å². The maximum Gasteiger partial charge on any atom is 0.328 e. The van der Waals surface area contributed by atoms with Crippen LogP contribution in [-0.4, -0.2) is 76.8 Å². The SMILES string of the molecule is CC1C(=O)N(CC(=O)O)CCN1C(=O)c1ccccc1N1CCC(=O)NC1=O. The highest BCUT2D eigenvalue weighted by Gasteiger charge is 2.37. The van der Waals surface area contributed by atoms with Crippen LogP contribution < -0.4 is 10.2 Å². The van der Waals surface area contributed by atoms with E-state index in [9.17, 15) is 24.0 Å². The number of nitrogens with zero attached hydrogens (tertiary/aromatic N) is 3. The van der Waals surface area contributed by atoms with Crippen molar-refractivity contribution < 1.29 is 29.1 Å². The Hall–Kier alpha value is -3.43. The number of piperazine rings is 1. The average molecular weight is 388 g/mol. The number of hydrogen-bond acceptors (Lipinski definition) is 5. The Morgan fingerprint density at radius 3 is 2.54 bits per heavy atom. The van der Waals surface area contributed by atoms with Crippen LogP contribution in [0.25, 0.3) is 0 Å². The van der Waals surface area contributed by atoms with Crippen LogP contribution in [0.4, 0.5) is 10.5 Å². The zero-order chi connectivity index (χ0) is 20.4. The van der Waals surface area contributed by atoms with Crippen molar-refractivity contribution in [1.82, 2.24) is 15.1 Å². The van der Waals surface area contributed by atoms with E-state index in [2.05, 4.69) is 5.32 Å². The second kappa shape index (κ2) is 7.67. The highest BCUT2D eigenvalue weighted by Crippen LogP contribution is 2.25. The molecule has 2 heterocycles. The third-order valence-corrected chi connectivity index (χ3v) is 4.81. The summed E-state index contributed by atoms with van der Waals surface area (Å²) in [5, 5.41) is 11.1. The fourth-order valence-electron chi connectivity index (χ4n) is 3.37. The lowest BCUT2D eigenvalue weighted by Gasteiger charge is -2.39. The van der Waals surface area contributed by atoms with Gasteiger partial charge in [0.25, 0.3) is 5.91 Å². The molecular formula is C18H20N4O6. The van der Waals surface area contributed by atoms with Gasteiger partial charge >= 0.3 is 12.0 Å². The van der Waals surface area contributed by atoms with E-state index >= 15 is 0 Å². The topological polar surface area (TPSA) is 127 Å². The van der Waals surface area contributed by atoms with Crippen LogP contribution in [0, 0.1) is 0 Å². The highest BCUT2D eigenvalue weighted by atomic mass is 16.4. The number of amides is 5. The molecule has 5 amide bonds. The molecule has 0 bridgehead atoms. The van der Waals surface area contributed by atoms with Crippen molar-refractivity contribution >= 4 is 35.4 Å². The first-order chi connectivity index (χ1) is 13.3. The highest BCUT2D eigenvalue weighted by molar-refractivity contribution is 6.10.